The lowest BCUT2D eigenvalue weighted by molar-refractivity contribution is 0.187. The van der Waals surface area contributed by atoms with Crippen LogP contribution in [0.3, 0.4) is 0 Å². The SMILES string of the molecule is CCNC(=NCC(O)c1ccc(OC)cc1)NCCc1ccccc1F.I. The average Bonchev–Trinajstić information content (AvgIpc) is 2.67. The van der Waals surface area contributed by atoms with E-state index in [1.54, 1.807) is 31.4 Å². The molecule has 2 rings (SSSR count). The molecule has 0 saturated carbocycles. The lowest BCUT2D eigenvalue weighted by atomic mass is 10.1. The zero-order valence-electron chi connectivity index (χ0n) is 15.6. The molecule has 0 bridgehead atoms. The van der Waals surface area contributed by atoms with Gasteiger partial charge in [-0.25, -0.2) is 4.39 Å². The van der Waals surface area contributed by atoms with E-state index in [0.717, 1.165) is 11.3 Å². The van der Waals surface area contributed by atoms with Gasteiger partial charge in [0.05, 0.1) is 19.8 Å². The average molecular weight is 487 g/mol. The molecule has 0 amide bonds. The molecule has 0 aliphatic heterocycles. The Bertz CT molecular complexity index is 711. The van der Waals surface area contributed by atoms with E-state index in [1.807, 2.05) is 25.1 Å². The number of hydrogen-bond acceptors (Lipinski definition) is 3. The molecule has 5 nitrogen and oxygen atoms in total. The summed E-state index contributed by atoms with van der Waals surface area (Å²) in [5.41, 5.74) is 1.44. The van der Waals surface area contributed by atoms with Crippen molar-refractivity contribution in [3.8, 4) is 5.75 Å². The predicted octanol–water partition coefficient (Wildman–Crippen LogP) is 3.28. The molecule has 1 atom stereocenters. The van der Waals surface area contributed by atoms with Gasteiger partial charge in [0.25, 0.3) is 0 Å². The second-order valence-electron chi connectivity index (χ2n) is 5.78. The maximum atomic E-state index is 13.6. The largest absolute Gasteiger partial charge is 0.497 e. The highest BCUT2D eigenvalue weighted by Crippen LogP contribution is 2.17. The second-order valence-corrected chi connectivity index (χ2v) is 5.78. The number of hydrogen-bond donors (Lipinski definition) is 3. The second kappa shape index (κ2) is 12.5. The van der Waals surface area contributed by atoms with Gasteiger partial charge in [0.1, 0.15) is 11.6 Å². The van der Waals surface area contributed by atoms with Crippen molar-refractivity contribution in [2.75, 3.05) is 26.7 Å². The first-order chi connectivity index (χ1) is 12.6. The quantitative estimate of drug-likeness (QED) is 0.304. The number of aliphatic hydroxyl groups is 1. The molecule has 27 heavy (non-hydrogen) atoms. The van der Waals surface area contributed by atoms with Crippen LogP contribution < -0.4 is 15.4 Å². The predicted molar refractivity (Wildman–Crippen MR) is 117 cm³/mol. The number of ether oxygens (including phenoxy) is 1. The Kier molecular flexibility index (Phi) is 10.7. The molecule has 7 heteroatoms. The highest BCUT2D eigenvalue weighted by atomic mass is 127. The minimum atomic E-state index is -0.706. The summed E-state index contributed by atoms with van der Waals surface area (Å²) < 4.78 is 18.8. The van der Waals surface area contributed by atoms with Crippen molar-refractivity contribution in [1.82, 2.24) is 10.6 Å². The van der Waals surface area contributed by atoms with Crippen LogP contribution in [-0.2, 0) is 6.42 Å². The molecule has 2 aromatic rings. The summed E-state index contributed by atoms with van der Waals surface area (Å²) in [5, 5.41) is 16.6. The first kappa shape index (κ1) is 23.2. The number of nitrogens with zero attached hydrogens (tertiary/aromatic N) is 1. The third-order valence-corrected chi connectivity index (χ3v) is 3.91. The minimum absolute atomic E-state index is 0. The van der Waals surface area contributed by atoms with Crippen LogP contribution in [0.4, 0.5) is 4.39 Å². The van der Waals surface area contributed by atoms with Gasteiger partial charge in [-0.05, 0) is 42.7 Å². The van der Waals surface area contributed by atoms with E-state index in [-0.39, 0.29) is 36.3 Å². The van der Waals surface area contributed by atoms with Crippen LogP contribution in [-0.4, -0.2) is 37.8 Å². The first-order valence-corrected chi connectivity index (χ1v) is 8.71. The Morgan fingerprint density at radius 2 is 1.85 bits per heavy atom. The Hall–Kier alpha value is -1.87. The Balaban J connectivity index is 0.00000364. The summed E-state index contributed by atoms with van der Waals surface area (Å²) >= 11 is 0. The highest BCUT2D eigenvalue weighted by molar-refractivity contribution is 14.0. The molecule has 148 valence electrons. The van der Waals surface area contributed by atoms with E-state index >= 15 is 0 Å². The van der Waals surface area contributed by atoms with Gasteiger partial charge in [-0.15, -0.1) is 24.0 Å². The number of aliphatic hydroxyl groups excluding tert-OH is 1. The van der Waals surface area contributed by atoms with Gasteiger partial charge in [0.15, 0.2) is 5.96 Å². The number of aliphatic imine (C=N–C) groups is 1. The van der Waals surface area contributed by atoms with Crippen molar-refractivity contribution < 1.29 is 14.2 Å². The molecule has 2 aromatic carbocycles. The number of rotatable bonds is 8. The molecule has 0 spiro atoms. The summed E-state index contributed by atoms with van der Waals surface area (Å²) in [6.07, 6.45) is -0.152. The van der Waals surface area contributed by atoms with E-state index in [2.05, 4.69) is 15.6 Å². The van der Waals surface area contributed by atoms with Crippen LogP contribution in [0.5, 0.6) is 5.75 Å². The monoisotopic (exact) mass is 487 g/mol. The molecule has 0 aromatic heterocycles. The van der Waals surface area contributed by atoms with Crippen LogP contribution >= 0.6 is 24.0 Å². The lowest BCUT2D eigenvalue weighted by Gasteiger charge is -2.14. The van der Waals surface area contributed by atoms with Crippen molar-refractivity contribution in [1.29, 1.82) is 0 Å². The molecular weight excluding hydrogens is 460 g/mol. The topological polar surface area (TPSA) is 65.9 Å². The standard InChI is InChI=1S/C20H26FN3O2.HI/c1-3-22-20(23-13-12-15-6-4-5-7-18(15)21)24-14-19(25)16-8-10-17(26-2)11-9-16;/h4-11,19,25H,3,12-14H2,1-2H3,(H2,22,23,24);1H. The Morgan fingerprint density at radius 1 is 1.15 bits per heavy atom. The summed E-state index contributed by atoms with van der Waals surface area (Å²) in [6.45, 7) is 3.44. The van der Waals surface area contributed by atoms with Gasteiger partial charge in [-0.3, -0.25) is 4.99 Å². The number of halogens is 2. The summed E-state index contributed by atoms with van der Waals surface area (Å²) in [6, 6.07) is 14.0. The summed E-state index contributed by atoms with van der Waals surface area (Å²) in [4.78, 5) is 4.41. The fourth-order valence-electron chi connectivity index (χ4n) is 2.47. The third-order valence-electron chi connectivity index (χ3n) is 3.91. The van der Waals surface area contributed by atoms with E-state index in [1.165, 1.54) is 6.07 Å². The van der Waals surface area contributed by atoms with Crippen LogP contribution in [0.2, 0.25) is 0 Å². The minimum Gasteiger partial charge on any atom is -0.497 e. The van der Waals surface area contributed by atoms with Crippen LogP contribution in [0, 0.1) is 5.82 Å². The Morgan fingerprint density at radius 3 is 2.48 bits per heavy atom. The van der Waals surface area contributed by atoms with Gasteiger partial charge < -0.3 is 20.5 Å². The zero-order chi connectivity index (χ0) is 18.8. The molecule has 3 N–H and O–H groups in total. The number of nitrogens with one attached hydrogen (secondary N) is 2. The smallest absolute Gasteiger partial charge is 0.191 e. The lowest BCUT2D eigenvalue weighted by Crippen LogP contribution is -2.38. The molecular formula is C20H27FIN3O2. The molecule has 0 fully saturated rings. The first-order valence-electron chi connectivity index (χ1n) is 8.71. The summed E-state index contributed by atoms with van der Waals surface area (Å²) in [7, 11) is 1.60. The molecule has 0 aliphatic rings. The van der Waals surface area contributed by atoms with Gasteiger partial charge in [0.2, 0.25) is 0 Å². The number of benzene rings is 2. The van der Waals surface area contributed by atoms with Crippen LogP contribution in [0.15, 0.2) is 53.5 Å². The Labute approximate surface area is 177 Å². The normalized spacial score (nSPS) is 12.1. The highest BCUT2D eigenvalue weighted by Gasteiger charge is 2.08. The maximum absolute atomic E-state index is 13.6. The number of guanidine groups is 1. The van der Waals surface area contributed by atoms with Crippen molar-refractivity contribution in [2.24, 2.45) is 4.99 Å². The summed E-state index contributed by atoms with van der Waals surface area (Å²) in [5.74, 6) is 1.13. The molecule has 1 unspecified atom stereocenters. The van der Waals surface area contributed by atoms with Crippen molar-refractivity contribution in [3.05, 3.63) is 65.5 Å². The molecule has 0 aliphatic carbocycles. The van der Waals surface area contributed by atoms with Crippen LogP contribution in [0.1, 0.15) is 24.2 Å². The van der Waals surface area contributed by atoms with Crippen LogP contribution in [0.25, 0.3) is 0 Å². The van der Waals surface area contributed by atoms with Crippen molar-refractivity contribution in [2.45, 2.75) is 19.4 Å². The van der Waals surface area contributed by atoms with E-state index in [9.17, 15) is 9.50 Å². The molecule has 0 heterocycles. The van der Waals surface area contributed by atoms with Crippen molar-refractivity contribution >= 4 is 29.9 Å². The fraction of sp³-hybridized carbons (Fsp3) is 0.350. The zero-order valence-corrected chi connectivity index (χ0v) is 17.9. The number of methoxy groups -OCH3 is 1. The van der Waals surface area contributed by atoms with E-state index in [0.29, 0.717) is 31.0 Å². The van der Waals surface area contributed by atoms with E-state index < -0.39 is 6.10 Å². The molecule has 0 radical (unpaired) electrons. The van der Waals surface area contributed by atoms with Gasteiger partial charge in [-0.1, -0.05) is 30.3 Å². The van der Waals surface area contributed by atoms with Gasteiger partial charge in [0, 0.05) is 13.1 Å². The maximum Gasteiger partial charge on any atom is 0.191 e. The van der Waals surface area contributed by atoms with Crippen molar-refractivity contribution in [3.63, 3.8) is 0 Å². The van der Waals surface area contributed by atoms with Gasteiger partial charge in [-0.2, -0.15) is 0 Å². The van der Waals surface area contributed by atoms with Gasteiger partial charge >= 0.3 is 0 Å². The fourth-order valence-corrected chi connectivity index (χ4v) is 2.47. The van der Waals surface area contributed by atoms with E-state index in [4.69, 9.17) is 4.74 Å². The third kappa shape index (κ3) is 7.72. The molecule has 0 saturated heterocycles.